The van der Waals surface area contributed by atoms with E-state index in [9.17, 15) is 4.79 Å². The molecule has 19 heavy (non-hydrogen) atoms. The number of carbonyl (C=O) groups excluding carboxylic acids is 1. The first-order valence-corrected chi connectivity index (χ1v) is 6.29. The van der Waals surface area contributed by atoms with Crippen LogP contribution in [0.25, 0.3) is 11.0 Å². The summed E-state index contributed by atoms with van der Waals surface area (Å²) in [6, 6.07) is 7.20. The van der Waals surface area contributed by atoms with Gasteiger partial charge in [-0.15, -0.1) is 0 Å². The van der Waals surface area contributed by atoms with Crippen LogP contribution in [0.2, 0.25) is 0 Å². The quantitative estimate of drug-likeness (QED) is 0.623. The first-order valence-electron chi connectivity index (χ1n) is 6.29. The SMILES string of the molecule is CC=C/C=C(/C)C(=O)C(C)n1nc2ccccc2n1. The molecule has 0 spiro atoms. The topological polar surface area (TPSA) is 47.8 Å². The van der Waals surface area contributed by atoms with E-state index in [4.69, 9.17) is 0 Å². The Morgan fingerprint density at radius 2 is 1.84 bits per heavy atom. The lowest BCUT2D eigenvalue weighted by Crippen LogP contribution is -2.19. The Balaban J connectivity index is 2.28. The summed E-state index contributed by atoms with van der Waals surface area (Å²) in [7, 11) is 0. The van der Waals surface area contributed by atoms with E-state index < -0.39 is 6.04 Å². The van der Waals surface area contributed by atoms with Crippen LogP contribution in [0.3, 0.4) is 0 Å². The molecule has 0 aliphatic rings. The average molecular weight is 255 g/mol. The number of carbonyl (C=O) groups is 1. The van der Waals surface area contributed by atoms with Crippen LogP contribution in [0.4, 0.5) is 0 Å². The molecule has 0 N–H and O–H groups in total. The molecule has 0 fully saturated rings. The third-order valence-electron chi connectivity index (χ3n) is 2.96. The summed E-state index contributed by atoms with van der Waals surface area (Å²) in [5.74, 6) is 0.0263. The molecule has 1 atom stereocenters. The first kappa shape index (κ1) is 13.2. The number of aromatic nitrogens is 3. The van der Waals surface area contributed by atoms with Gasteiger partial charge in [0.25, 0.3) is 0 Å². The highest BCUT2D eigenvalue weighted by molar-refractivity contribution is 5.97. The van der Waals surface area contributed by atoms with Crippen molar-refractivity contribution in [3.8, 4) is 0 Å². The Bertz CT molecular complexity index is 619. The predicted octanol–water partition coefficient (Wildman–Crippen LogP) is 3.08. The molecule has 2 rings (SSSR count). The fourth-order valence-electron chi connectivity index (χ4n) is 1.81. The van der Waals surface area contributed by atoms with Crippen molar-refractivity contribution < 1.29 is 4.79 Å². The fourth-order valence-corrected chi connectivity index (χ4v) is 1.81. The minimum Gasteiger partial charge on any atom is -0.292 e. The van der Waals surface area contributed by atoms with E-state index >= 15 is 0 Å². The monoisotopic (exact) mass is 255 g/mol. The summed E-state index contributed by atoms with van der Waals surface area (Å²) in [6.07, 6.45) is 5.55. The largest absolute Gasteiger partial charge is 0.292 e. The molecule has 1 aromatic heterocycles. The van der Waals surface area contributed by atoms with Gasteiger partial charge in [-0.25, -0.2) is 0 Å². The molecule has 98 valence electrons. The molecular formula is C15H17N3O. The van der Waals surface area contributed by atoms with Crippen molar-refractivity contribution in [2.45, 2.75) is 26.8 Å². The van der Waals surface area contributed by atoms with E-state index in [0.717, 1.165) is 11.0 Å². The summed E-state index contributed by atoms with van der Waals surface area (Å²) < 4.78 is 0. The second kappa shape index (κ2) is 5.61. The molecule has 4 heteroatoms. The van der Waals surface area contributed by atoms with E-state index in [-0.39, 0.29) is 5.78 Å². The number of fused-ring (bicyclic) bond motifs is 1. The highest BCUT2D eigenvalue weighted by Crippen LogP contribution is 2.14. The maximum absolute atomic E-state index is 12.2. The summed E-state index contributed by atoms with van der Waals surface area (Å²) in [6.45, 7) is 5.54. The van der Waals surface area contributed by atoms with Gasteiger partial charge in [0.15, 0.2) is 5.78 Å². The van der Waals surface area contributed by atoms with E-state index in [0.29, 0.717) is 5.57 Å². The number of ketones is 1. The van der Waals surface area contributed by atoms with Gasteiger partial charge in [-0.3, -0.25) is 4.79 Å². The average Bonchev–Trinajstić information content (AvgIpc) is 2.86. The molecule has 0 bridgehead atoms. The number of nitrogens with zero attached hydrogens (tertiary/aromatic N) is 3. The van der Waals surface area contributed by atoms with Crippen LogP contribution in [0.5, 0.6) is 0 Å². The number of allylic oxidation sites excluding steroid dienone is 4. The Morgan fingerprint density at radius 1 is 1.26 bits per heavy atom. The Hall–Kier alpha value is -2.23. The van der Waals surface area contributed by atoms with Crippen LogP contribution in [-0.2, 0) is 4.79 Å². The van der Waals surface area contributed by atoms with Crippen LogP contribution in [-0.4, -0.2) is 20.8 Å². The Labute approximate surface area is 112 Å². The molecule has 0 saturated heterocycles. The van der Waals surface area contributed by atoms with Gasteiger partial charge in [0, 0.05) is 0 Å². The Morgan fingerprint density at radius 3 is 2.37 bits per heavy atom. The number of benzene rings is 1. The number of hydrogen-bond acceptors (Lipinski definition) is 3. The summed E-state index contributed by atoms with van der Waals surface area (Å²) in [5, 5.41) is 8.67. The van der Waals surface area contributed by atoms with Crippen LogP contribution in [0, 0.1) is 0 Å². The van der Waals surface area contributed by atoms with Gasteiger partial charge >= 0.3 is 0 Å². The van der Waals surface area contributed by atoms with Crippen molar-refractivity contribution in [2.75, 3.05) is 0 Å². The zero-order chi connectivity index (χ0) is 13.8. The van der Waals surface area contributed by atoms with E-state index in [1.807, 2.05) is 63.3 Å². The molecule has 4 nitrogen and oxygen atoms in total. The lowest BCUT2D eigenvalue weighted by Gasteiger charge is -2.09. The molecule has 1 aromatic carbocycles. The Kier molecular flexibility index (Phi) is 3.90. The molecule has 1 heterocycles. The predicted molar refractivity (Wildman–Crippen MR) is 75.8 cm³/mol. The van der Waals surface area contributed by atoms with E-state index in [1.165, 1.54) is 4.80 Å². The molecule has 0 aliphatic carbocycles. The molecule has 0 aliphatic heterocycles. The van der Waals surface area contributed by atoms with Crippen LogP contribution in [0.1, 0.15) is 26.8 Å². The molecule has 1 unspecified atom stereocenters. The van der Waals surface area contributed by atoms with Crippen molar-refractivity contribution in [3.63, 3.8) is 0 Å². The van der Waals surface area contributed by atoms with Crippen molar-refractivity contribution in [2.24, 2.45) is 0 Å². The molecule has 0 radical (unpaired) electrons. The highest BCUT2D eigenvalue weighted by atomic mass is 16.1. The van der Waals surface area contributed by atoms with Gasteiger partial charge in [0.2, 0.25) is 0 Å². The number of Topliss-reactive ketones (excluding diaryl/α,β-unsaturated/α-hetero) is 1. The minimum absolute atomic E-state index is 0.0263. The molecule has 0 saturated carbocycles. The maximum Gasteiger partial charge on any atom is 0.184 e. The van der Waals surface area contributed by atoms with Crippen LogP contribution in [0.15, 0.2) is 48.1 Å². The van der Waals surface area contributed by atoms with Crippen LogP contribution >= 0.6 is 0 Å². The van der Waals surface area contributed by atoms with Gasteiger partial charge in [-0.1, -0.05) is 30.4 Å². The summed E-state index contributed by atoms with van der Waals surface area (Å²) in [5.41, 5.74) is 2.31. The van der Waals surface area contributed by atoms with Gasteiger partial charge in [-0.05, 0) is 38.5 Å². The number of hydrogen-bond donors (Lipinski definition) is 0. The van der Waals surface area contributed by atoms with E-state index in [2.05, 4.69) is 10.2 Å². The third kappa shape index (κ3) is 2.78. The zero-order valence-corrected chi connectivity index (χ0v) is 11.4. The van der Waals surface area contributed by atoms with Crippen molar-refractivity contribution in [1.29, 1.82) is 0 Å². The maximum atomic E-state index is 12.2. The van der Waals surface area contributed by atoms with Gasteiger partial charge in [0.05, 0.1) is 0 Å². The van der Waals surface area contributed by atoms with Gasteiger partial charge in [0.1, 0.15) is 17.1 Å². The normalized spacial score (nSPS) is 14.2. The zero-order valence-electron chi connectivity index (χ0n) is 11.4. The van der Waals surface area contributed by atoms with Crippen LogP contribution < -0.4 is 0 Å². The molecular weight excluding hydrogens is 238 g/mol. The standard InChI is InChI=1S/C15H17N3O/c1-4-5-8-11(2)15(19)12(3)18-16-13-9-6-7-10-14(13)17-18/h4-10,12H,1-3H3/b5-4?,11-8-. The lowest BCUT2D eigenvalue weighted by molar-refractivity contribution is -0.118. The van der Waals surface area contributed by atoms with Crippen molar-refractivity contribution in [1.82, 2.24) is 15.0 Å². The smallest absolute Gasteiger partial charge is 0.184 e. The minimum atomic E-state index is -0.395. The second-order valence-corrected chi connectivity index (χ2v) is 4.42. The van der Waals surface area contributed by atoms with E-state index in [1.54, 1.807) is 0 Å². The summed E-state index contributed by atoms with van der Waals surface area (Å²) in [4.78, 5) is 13.7. The highest BCUT2D eigenvalue weighted by Gasteiger charge is 2.18. The fraction of sp³-hybridized carbons (Fsp3) is 0.267. The van der Waals surface area contributed by atoms with Crippen molar-refractivity contribution in [3.05, 3.63) is 48.1 Å². The first-order chi connectivity index (χ1) is 9.13. The van der Waals surface area contributed by atoms with Crippen molar-refractivity contribution >= 4 is 16.8 Å². The molecule has 2 aromatic rings. The van der Waals surface area contributed by atoms with Gasteiger partial charge in [-0.2, -0.15) is 15.0 Å². The number of rotatable bonds is 4. The lowest BCUT2D eigenvalue weighted by atomic mass is 10.1. The molecule has 0 amide bonds. The third-order valence-corrected chi connectivity index (χ3v) is 2.96. The summed E-state index contributed by atoms with van der Waals surface area (Å²) >= 11 is 0. The second-order valence-electron chi connectivity index (χ2n) is 4.42. The van der Waals surface area contributed by atoms with Gasteiger partial charge < -0.3 is 0 Å².